The lowest BCUT2D eigenvalue weighted by molar-refractivity contribution is -0.388. The molecule has 1 amide bonds. The zero-order valence-electron chi connectivity index (χ0n) is 49.8. The number of amides is 1. The molecule has 17 nitrogen and oxygen atoms in total. The van der Waals surface area contributed by atoms with Crippen molar-refractivity contribution in [3.8, 4) is 0 Å². The molecule has 0 spiro atoms. The van der Waals surface area contributed by atoms with Gasteiger partial charge in [-0.15, -0.1) is 0 Å². The highest BCUT2D eigenvalue weighted by Crippen LogP contribution is 2.38. The van der Waals surface area contributed by atoms with Crippen LogP contribution in [-0.2, 0) is 117 Å². The van der Waals surface area contributed by atoms with E-state index in [2.05, 4.69) is 5.32 Å². The van der Waals surface area contributed by atoms with Crippen LogP contribution in [0.2, 0.25) is 0 Å². The Bertz CT molecular complexity index is 3120. The van der Waals surface area contributed by atoms with E-state index in [-0.39, 0.29) is 59.5 Å². The Hall–Kier alpha value is -7.04. The Labute approximate surface area is 514 Å². The molecule has 0 aromatic heterocycles. The topological polar surface area (TPSA) is 186 Å². The van der Waals surface area contributed by atoms with Gasteiger partial charge in [-0.05, 0) is 45.9 Å². The summed E-state index contributed by atoms with van der Waals surface area (Å²) in [5.74, 6) is -1.04. The number of benzene rings is 7. The van der Waals surface area contributed by atoms with E-state index in [1.165, 1.54) is 13.8 Å². The zero-order valence-corrected chi connectivity index (χ0v) is 49.8. The van der Waals surface area contributed by atoms with Crippen LogP contribution in [0.15, 0.2) is 212 Å². The molecule has 3 heterocycles. The van der Waals surface area contributed by atoms with Gasteiger partial charge < -0.3 is 72.0 Å². The molecule has 88 heavy (non-hydrogen) atoms. The molecular weight excluding hydrogens is 1120 g/mol. The molecule has 17 heteroatoms. The van der Waals surface area contributed by atoms with E-state index in [0.29, 0.717) is 0 Å². The van der Waals surface area contributed by atoms with Gasteiger partial charge in [-0.1, -0.05) is 212 Å². The Morgan fingerprint density at radius 3 is 1.11 bits per heavy atom. The van der Waals surface area contributed by atoms with Crippen molar-refractivity contribution < 1.29 is 76.3 Å². The number of nitrogens with one attached hydrogen (secondary N) is 1. The van der Waals surface area contributed by atoms with Gasteiger partial charge in [0.1, 0.15) is 61.0 Å². The fourth-order valence-electron chi connectivity index (χ4n) is 11.2. The summed E-state index contributed by atoms with van der Waals surface area (Å²) in [5.41, 5.74) is 6.11. The number of esters is 1. The minimum absolute atomic E-state index is 0.0497. The molecule has 0 aliphatic carbocycles. The second-order valence-electron chi connectivity index (χ2n) is 22.1. The fraction of sp³-hybridized carbons (Fsp3) is 0.380. The summed E-state index contributed by atoms with van der Waals surface area (Å²) in [6, 6.07) is 66.6. The van der Waals surface area contributed by atoms with Gasteiger partial charge in [-0.2, -0.15) is 0 Å². The van der Waals surface area contributed by atoms with Crippen LogP contribution in [0, 0.1) is 0 Å². The van der Waals surface area contributed by atoms with Gasteiger partial charge in [-0.3, -0.25) is 9.59 Å². The van der Waals surface area contributed by atoms with Crippen LogP contribution in [0.1, 0.15) is 59.7 Å². The Morgan fingerprint density at radius 2 is 0.716 bits per heavy atom. The van der Waals surface area contributed by atoms with Crippen LogP contribution >= 0.6 is 0 Å². The van der Waals surface area contributed by atoms with Crippen molar-refractivity contribution in [1.29, 1.82) is 0 Å². The van der Waals surface area contributed by atoms with E-state index < -0.39 is 104 Å². The third-order valence-corrected chi connectivity index (χ3v) is 15.5. The molecule has 3 aliphatic rings. The van der Waals surface area contributed by atoms with Crippen molar-refractivity contribution in [2.45, 2.75) is 159 Å². The number of carbonyl (C=O) groups excluding carboxylic acids is 2. The first-order chi connectivity index (χ1) is 43.1. The molecule has 0 unspecified atom stereocenters. The molecule has 2 N–H and O–H groups in total. The summed E-state index contributed by atoms with van der Waals surface area (Å²) in [5, 5.41) is 15.3. The molecule has 15 atom stereocenters. The second kappa shape index (κ2) is 33.0. The van der Waals surface area contributed by atoms with Crippen molar-refractivity contribution in [2.24, 2.45) is 0 Å². The number of ether oxygens (including phenoxy) is 13. The first kappa shape index (κ1) is 64.0. The number of aliphatic hydroxyl groups excluding tert-OH is 1. The Morgan fingerprint density at radius 1 is 0.386 bits per heavy atom. The van der Waals surface area contributed by atoms with Crippen LogP contribution in [0.4, 0.5) is 0 Å². The molecule has 7 aromatic carbocycles. The fourth-order valence-corrected chi connectivity index (χ4v) is 11.2. The number of aliphatic hydroxyl groups is 1. The first-order valence-electron chi connectivity index (χ1n) is 30.0. The maximum atomic E-state index is 13.6. The van der Waals surface area contributed by atoms with Crippen molar-refractivity contribution in [2.75, 3.05) is 13.2 Å². The zero-order chi connectivity index (χ0) is 60.9. The average molecular weight is 1200 g/mol. The van der Waals surface area contributed by atoms with Crippen LogP contribution in [0.5, 0.6) is 0 Å². The van der Waals surface area contributed by atoms with E-state index in [1.54, 1.807) is 0 Å². The van der Waals surface area contributed by atoms with Gasteiger partial charge in [0.2, 0.25) is 5.91 Å². The SMILES string of the molecule is CC(=O)N[C@@H]1[C@H](O[C@H]2[C@H](OCc3ccccc3)[C@@H](OCc3ccccc3)[C@@H](O[C@@H]3[C@H](OCc4ccccc4)[C@@H](OCc4ccccc4)[C@H](C)O[C@H]3O)O[C@@H]2COCc2ccccc2)O[C@H](COCc2ccccc2)[C@@H](OC(C)=O)[C@@H]1OCc1ccccc1. The highest BCUT2D eigenvalue weighted by atomic mass is 16.8. The molecule has 3 aliphatic heterocycles. The molecule has 3 saturated heterocycles. The second-order valence-corrected chi connectivity index (χ2v) is 22.1. The monoisotopic (exact) mass is 1200 g/mol. The van der Waals surface area contributed by atoms with Crippen molar-refractivity contribution in [3.05, 3.63) is 251 Å². The van der Waals surface area contributed by atoms with Gasteiger partial charge in [-0.25, -0.2) is 0 Å². The van der Waals surface area contributed by atoms with E-state index in [9.17, 15) is 14.7 Å². The van der Waals surface area contributed by atoms with Crippen molar-refractivity contribution >= 4 is 11.9 Å². The standard InChI is InChI=1S/C71H79NO16/c1-48-61(78-41-53-29-15-6-16-30-53)65(80-43-55-33-19-8-20-34-55)67(69(75)83-48)88-71-68(82-45-57-37-23-10-24-38-57)66(81-44-56-35-21-9-22-36-56)63(59(86-71)47-77-40-52-27-13-5-14-28-52)87-70-60(72-49(2)73)64(79-42-54-31-17-7-18-32-54)62(84-50(3)74)58(85-70)46-76-39-51-25-11-4-12-26-51/h4-38,48,58-71,75H,39-47H2,1-3H3,(H,72,73)/t48-,58+,59+,60-,61-,62+,63+,64+,65+,66-,67+,68+,69+,70-,71+/m0/s1. The summed E-state index contributed by atoms with van der Waals surface area (Å²) in [6.07, 6.45) is -15.7. The average Bonchev–Trinajstić information content (AvgIpc) is 1.12. The van der Waals surface area contributed by atoms with Crippen LogP contribution in [0.25, 0.3) is 0 Å². The van der Waals surface area contributed by atoms with E-state index >= 15 is 0 Å². The Kier molecular flexibility index (Phi) is 24.0. The third-order valence-electron chi connectivity index (χ3n) is 15.5. The maximum Gasteiger partial charge on any atom is 0.303 e. The molecule has 0 bridgehead atoms. The normalized spacial score (nSPS) is 27.1. The smallest absolute Gasteiger partial charge is 0.303 e. The lowest BCUT2D eigenvalue weighted by Gasteiger charge is -2.51. The van der Waals surface area contributed by atoms with Gasteiger partial charge in [0, 0.05) is 13.8 Å². The summed E-state index contributed by atoms with van der Waals surface area (Å²) < 4.78 is 89.1. The van der Waals surface area contributed by atoms with Gasteiger partial charge >= 0.3 is 5.97 Å². The van der Waals surface area contributed by atoms with Crippen molar-refractivity contribution in [1.82, 2.24) is 5.32 Å². The van der Waals surface area contributed by atoms with Gasteiger partial charge in [0.05, 0.1) is 65.6 Å². The predicted octanol–water partition coefficient (Wildman–Crippen LogP) is 9.74. The molecule has 7 aromatic rings. The summed E-state index contributed by atoms with van der Waals surface area (Å²) in [4.78, 5) is 26.9. The van der Waals surface area contributed by atoms with Crippen LogP contribution < -0.4 is 5.32 Å². The highest BCUT2D eigenvalue weighted by Gasteiger charge is 2.57. The molecule has 0 saturated carbocycles. The molecule has 0 radical (unpaired) electrons. The highest BCUT2D eigenvalue weighted by molar-refractivity contribution is 5.73. The largest absolute Gasteiger partial charge is 0.457 e. The van der Waals surface area contributed by atoms with E-state index in [1.807, 2.05) is 219 Å². The first-order valence-corrected chi connectivity index (χ1v) is 30.0. The predicted molar refractivity (Wildman–Crippen MR) is 324 cm³/mol. The number of rotatable bonds is 29. The van der Waals surface area contributed by atoms with E-state index in [0.717, 1.165) is 38.9 Å². The van der Waals surface area contributed by atoms with E-state index in [4.69, 9.17) is 61.6 Å². The summed E-state index contributed by atoms with van der Waals surface area (Å²) >= 11 is 0. The number of hydrogen-bond acceptors (Lipinski definition) is 16. The third kappa shape index (κ3) is 18.3. The Balaban J connectivity index is 1.06. The molecule has 464 valence electrons. The molecular formula is C71H79NO16. The minimum atomic E-state index is -1.55. The lowest BCUT2D eigenvalue weighted by Crippen LogP contribution is -2.69. The number of carbonyl (C=O) groups is 2. The minimum Gasteiger partial charge on any atom is -0.457 e. The van der Waals surface area contributed by atoms with Crippen LogP contribution in [-0.4, -0.2) is 122 Å². The van der Waals surface area contributed by atoms with Crippen molar-refractivity contribution in [3.63, 3.8) is 0 Å². The van der Waals surface area contributed by atoms with Gasteiger partial charge in [0.25, 0.3) is 0 Å². The molecule has 10 rings (SSSR count). The number of hydrogen-bond donors (Lipinski definition) is 2. The van der Waals surface area contributed by atoms with Gasteiger partial charge in [0.15, 0.2) is 25.0 Å². The van der Waals surface area contributed by atoms with Crippen LogP contribution in [0.3, 0.4) is 0 Å². The maximum absolute atomic E-state index is 13.6. The molecule has 3 fully saturated rings. The summed E-state index contributed by atoms with van der Waals surface area (Å²) in [7, 11) is 0. The quantitative estimate of drug-likeness (QED) is 0.0422. The lowest BCUT2D eigenvalue weighted by atomic mass is 9.94. The summed E-state index contributed by atoms with van der Waals surface area (Å²) in [6.45, 7) is 5.24.